The molecule has 0 N–H and O–H groups in total. The Hall–Kier alpha value is -0.490. The molecule has 0 atom stereocenters. The van der Waals surface area contributed by atoms with Crippen molar-refractivity contribution in [2.24, 2.45) is 0 Å². The molecule has 0 amide bonds. The summed E-state index contributed by atoms with van der Waals surface area (Å²) >= 11 is 0. The van der Waals surface area contributed by atoms with E-state index in [0.29, 0.717) is 0 Å². The third-order valence-electron chi connectivity index (χ3n) is 0.959. The van der Waals surface area contributed by atoms with Crippen molar-refractivity contribution in [3.8, 4) is 0 Å². The van der Waals surface area contributed by atoms with Gasteiger partial charge in [-0.2, -0.15) is 0 Å². The Balaban J connectivity index is 0.000000490. The Morgan fingerprint density at radius 3 is 2.38 bits per heavy atom. The van der Waals surface area contributed by atoms with E-state index in [1.807, 2.05) is 18.2 Å². The van der Waals surface area contributed by atoms with Crippen LogP contribution in [0.15, 0.2) is 36.5 Å². The van der Waals surface area contributed by atoms with Crippen LogP contribution in [0.3, 0.4) is 0 Å². The molecule has 0 unspecified atom stereocenters. The van der Waals surface area contributed by atoms with Gasteiger partial charge in [0.05, 0.1) is 0 Å². The summed E-state index contributed by atoms with van der Waals surface area (Å²) in [6.45, 7) is 3.78. The minimum Gasteiger partial charge on any atom is -0.147 e. The second-order valence-electron chi connectivity index (χ2n) is 1.65. The van der Waals surface area contributed by atoms with Gasteiger partial charge < -0.3 is 0 Å². The average molecular weight is 129 g/mol. The maximum absolute atomic E-state index is 3.78. The third kappa shape index (κ3) is 1.99. The highest BCUT2D eigenvalue weighted by molar-refractivity contribution is 5.85. The summed E-state index contributed by atoms with van der Waals surface area (Å²) in [5.41, 5.74) is 1.20. The second kappa shape index (κ2) is 3.50. The summed E-state index contributed by atoms with van der Waals surface area (Å²) in [7, 11) is 0. The van der Waals surface area contributed by atoms with E-state index in [4.69, 9.17) is 0 Å². The number of hydrogen-bond acceptors (Lipinski definition) is 0. The van der Waals surface area contributed by atoms with Crippen LogP contribution in [0.1, 0.15) is 6.42 Å². The van der Waals surface area contributed by atoms with Gasteiger partial charge in [-0.25, -0.2) is 0 Å². The lowest BCUT2D eigenvalue weighted by atomic mass is 10.1. The topological polar surface area (TPSA) is 0 Å². The Kier molecular flexibility index (Phi) is 3.29. The highest BCUT2D eigenvalue weighted by atomic mass is 35.5. The number of halogens is 1. The van der Waals surface area contributed by atoms with Crippen LogP contribution in [0.4, 0.5) is 0 Å². The van der Waals surface area contributed by atoms with Crippen LogP contribution in [0.5, 0.6) is 0 Å². The summed E-state index contributed by atoms with van der Waals surface area (Å²) in [6.07, 6.45) is 9.19. The minimum atomic E-state index is 0. The van der Waals surface area contributed by atoms with E-state index in [0.717, 1.165) is 6.42 Å². The molecular weight excluding hydrogens is 120 g/mol. The largest absolute Gasteiger partial charge is 0.147 e. The summed E-state index contributed by atoms with van der Waals surface area (Å²) in [6, 6.07) is 0. The smallest absolute Gasteiger partial charge is 0.0100 e. The maximum Gasteiger partial charge on any atom is -0.0100 e. The third-order valence-corrected chi connectivity index (χ3v) is 0.959. The molecule has 44 valence electrons. The van der Waals surface area contributed by atoms with Crippen LogP contribution in [0, 0.1) is 0 Å². The van der Waals surface area contributed by atoms with Crippen molar-refractivity contribution in [3.05, 3.63) is 36.5 Å². The normalized spacial score (nSPS) is 15.8. The lowest BCUT2D eigenvalue weighted by Gasteiger charge is -1.94. The maximum atomic E-state index is 3.78. The van der Waals surface area contributed by atoms with E-state index in [1.54, 1.807) is 0 Å². The standard InChI is InChI=1S/C7H8.ClH/c1-7-5-3-2-4-6-7;/h2-5H,1,6H2;1H. The first-order valence-corrected chi connectivity index (χ1v) is 2.40. The van der Waals surface area contributed by atoms with Crippen molar-refractivity contribution in [1.82, 2.24) is 0 Å². The zero-order chi connectivity index (χ0) is 5.11. The highest BCUT2D eigenvalue weighted by Crippen LogP contribution is 2.05. The van der Waals surface area contributed by atoms with Crippen LogP contribution < -0.4 is 0 Å². The lowest BCUT2D eigenvalue weighted by Crippen LogP contribution is -1.74. The number of hydrogen-bond donors (Lipinski definition) is 0. The van der Waals surface area contributed by atoms with Gasteiger partial charge in [0.15, 0.2) is 0 Å². The first-order valence-electron chi connectivity index (χ1n) is 2.40. The first kappa shape index (κ1) is 7.51. The molecule has 0 nitrogen and oxygen atoms in total. The van der Waals surface area contributed by atoms with Gasteiger partial charge in [0.1, 0.15) is 0 Å². The molecule has 0 aliphatic heterocycles. The van der Waals surface area contributed by atoms with Gasteiger partial charge in [-0.3, -0.25) is 0 Å². The highest BCUT2D eigenvalue weighted by Gasteiger charge is 1.84. The molecule has 1 aliphatic carbocycles. The molecule has 0 radical (unpaired) electrons. The SMILES string of the molecule is C=C1C=CC=CC1.Cl. The Bertz CT molecular complexity index is 131. The fraction of sp³-hybridized carbons (Fsp3) is 0.143. The molecule has 0 saturated heterocycles. The Morgan fingerprint density at radius 2 is 2.12 bits per heavy atom. The van der Waals surface area contributed by atoms with E-state index >= 15 is 0 Å². The molecule has 0 bridgehead atoms. The monoisotopic (exact) mass is 128 g/mol. The molecule has 0 heterocycles. The summed E-state index contributed by atoms with van der Waals surface area (Å²) in [4.78, 5) is 0. The molecule has 0 fully saturated rings. The molecule has 1 rings (SSSR count). The van der Waals surface area contributed by atoms with Crippen molar-refractivity contribution < 1.29 is 0 Å². The van der Waals surface area contributed by atoms with Gasteiger partial charge in [0.2, 0.25) is 0 Å². The number of allylic oxidation sites excluding steroid dienone is 5. The van der Waals surface area contributed by atoms with Crippen molar-refractivity contribution >= 4 is 12.4 Å². The number of rotatable bonds is 0. The summed E-state index contributed by atoms with van der Waals surface area (Å²) in [5, 5.41) is 0. The Morgan fingerprint density at radius 1 is 1.38 bits per heavy atom. The minimum absolute atomic E-state index is 0. The Labute approximate surface area is 56.0 Å². The average Bonchev–Trinajstić information content (AvgIpc) is 1.69. The predicted octanol–water partition coefficient (Wildman–Crippen LogP) is 2.48. The van der Waals surface area contributed by atoms with E-state index in [9.17, 15) is 0 Å². The van der Waals surface area contributed by atoms with Gasteiger partial charge in [0.25, 0.3) is 0 Å². The molecule has 0 aromatic carbocycles. The van der Waals surface area contributed by atoms with Gasteiger partial charge >= 0.3 is 0 Å². The quantitative estimate of drug-likeness (QED) is 0.470. The van der Waals surface area contributed by atoms with Crippen LogP contribution in [0.2, 0.25) is 0 Å². The van der Waals surface area contributed by atoms with Crippen LogP contribution in [-0.4, -0.2) is 0 Å². The molecule has 1 heteroatoms. The first-order chi connectivity index (χ1) is 3.39. The van der Waals surface area contributed by atoms with Crippen LogP contribution >= 0.6 is 12.4 Å². The van der Waals surface area contributed by atoms with Gasteiger partial charge in [-0.05, 0) is 6.42 Å². The van der Waals surface area contributed by atoms with E-state index in [2.05, 4.69) is 12.7 Å². The van der Waals surface area contributed by atoms with Crippen molar-refractivity contribution in [2.45, 2.75) is 6.42 Å². The van der Waals surface area contributed by atoms with Crippen LogP contribution in [-0.2, 0) is 0 Å². The summed E-state index contributed by atoms with van der Waals surface area (Å²) in [5.74, 6) is 0. The zero-order valence-corrected chi connectivity index (χ0v) is 5.45. The molecule has 0 saturated carbocycles. The molecule has 0 aromatic heterocycles. The van der Waals surface area contributed by atoms with Gasteiger partial charge in [-0.1, -0.05) is 36.5 Å². The van der Waals surface area contributed by atoms with E-state index in [-0.39, 0.29) is 12.4 Å². The lowest BCUT2D eigenvalue weighted by molar-refractivity contribution is 1.28. The fourth-order valence-corrected chi connectivity index (χ4v) is 0.558. The molecule has 8 heavy (non-hydrogen) atoms. The van der Waals surface area contributed by atoms with E-state index < -0.39 is 0 Å². The molecular formula is C7H9Cl. The molecule has 0 aromatic rings. The molecule has 1 aliphatic rings. The predicted molar refractivity (Wildman–Crippen MR) is 39.3 cm³/mol. The fourth-order valence-electron chi connectivity index (χ4n) is 0.558. The zero-order valence-electron chi connectivity index (χ0n) is 4.63. The van der Waals surface area contributed by atoms with E-state index in [1.165, 1.54) is 5.57 Å². The molecule has 0 spiro atoms. The van der Waals surface area contributed by atoms with Crippen molar-refractivity contribution in [3.63, 3.8) is 0 Å². The second-order valence-corrected chi connectivity index (χ2v) is 1.65. The summed E-state index contributed by atoms with van der Waals surface area (Å²) < 4.78 is 0. The van der Waals surface area contributed by atoms with Gasteiger partial charge in [-0.15, -0.1) is 12.4 Å². The van der Waals surface area contributed by atoms with Crippen molar-refractivity contribution in [2.75, 3.05) is 0 Å². The van der Waals surface area contributed by atoms with Crippen LogP contribution in [0.25, 0.3) is 0 Å². The van der Waals surface area contributed by atoms with Crippen molar-refractivity contribution in [1.29, 1.82) is 0 Å². The van der Waals surface area contributed by atoms with Gasteiger partial charge in [0, 0.05) is 0 Å².